The average molecular weight is 338 g/mol. The van der Waals surface area contributed by atoms with E-state index in [1.54, 1.807) is 11.8 Å². The second-order valence-corrected chi connectivity index (χ2v) is 6.87. The molecule has 0 saturated carbocycles. The van der Waals surface area contributed by atoms with Gasteiger partial charge in [-0.25, -0.2) is 4.79 Å². The number of rotatable bonds is 6. The van der Waals surface area contributed by atoms with Gasteiger partial charge in [-0.3, -0.25) is 0 Å². The number of hydrogen-bond donors (Lipinski definition) is 0. The topological polar surface area (TPSA) is 26.3 Å². The Morgan fingerprint density at radius 2 is 1.67 bits per heavy atom. The van der Waals surface area contributed by atoms with Crippen LogP contribution in [0.25, 0.3) is 11.1 Å². The summed E-state index contributed by atoms with van der Waals surface area (Å²) in [7, 11) is 1.46. The number of hydrogen-bond acceptors (Lipinski definition) is 3. The maximum absolute atomic E-state index is 12.5. The van der Waals surface area contributed by atoms with Gasteiger partial charge in [0, 0.05) is 5.92 Å². The largest absolute Gasteiger partial charge is 0.466 e. The van der Waals surface area contributed by atoms with Crippen LogP contribution in [0.2, 0.25) is 0 Å². The van der Waals surface area contributed by atoms with Crippen LogP contribution in [0.3, 0.4) is 0 Å². The molecule has 3 rings (SSSR count). The SMILES string of the molecule is CCCCSC=C(C(=O)OC)C1c2ccccc2-c2ccccc21. The van der Waals surface area contributed by atoms with Crippen LogP contribution in [0.5, 0.6) is 0 Å². The molecule has 2 nitrogen and oxygen atoms in total. The lowest BCUT2D eigenvalue weighted by molar-refractivity contribution is -0.136. The first kappa shape index (κ1) is 16.8. The molecule has 3 heteroatoms. The Balaban J connectivity index is 2.05. The van der Waals surface area contributed by atoms with E-state index in [-0.39, 0.29) is 11.9 Å². The van der Waals surface area contributed by atoms with Crippen LogP contribution in [-0.2, 0) is 9.53 Å². The van der Waals surface area contributed by atoms with E-state index in [0.717, 1.165) is 24.2 Å². The average Bonchev–Trinajstić information content (AvgIpc) is 2.96. The van der Waals surface area contributed by atoms with E-state index in [2.05, 4.69) is 43.3 Å². The molecule has 0 aliphatic heterocycles. The smallest absolute Gasteiger partial charge is 0.335 e. The lowest BCUT2D eigenvalue weighted by Crippen LogP contribution is -2.12. The fraction of sp³-hybridized carbons (Fsp3) is 0.286. The number of fused-ring (bicyclic) bond motifs is 3. The quantitative estimate of drug-likeness (QED) is 0.401. The molecule has 0 saturated heterocycles. The molecule has 2 aromatic rings. The number of thioether (sulfide) groups is 1. The molecule has 1 aliphatic rings. The highest BCUT2D eigenvalue weighted by Gasteiger charge is 2.34. The minimum Gasteiger partial charge on any atom is -0.466 e. The van der Waals surface area contributed by atoms with Crippen LogP contribution in [0.1, 0.15) is 36.8 Å². The highest BCUT2D eigenvalue weighted by Crippen LogP contribution is 2.48. The van der Waals surface area contributed by atoms with Gasteiger partial charge in [-0.1, -0.05) is 61.9 Å². The van der Waals surface area contributed by atoms with E-state index >= 15 is 0 Å². The van der Waals surface area contributed by atoms with Gasteiger partial charge in [0.2, 0.25) is 0 Å². The van der Waals surface area contributed by atoms with E-state index < -0.39 is 0 Å². The minimum atomic E-state index is -0.240. The Morgan fingerprint density at radius 1 is 1.08 bits per heavy atom. The van der Waals surface area contributed by atoms with Crippen molar-refractivity contribution in [1.29, 1.82) is 0 Å². The zero-order chi connectivity index (χ0) is 16.9. The van der Waals surface area contributed by atoms with Crippen molar-refractivity contribution in [1.82, 2.24) is 0 Å². The molecule has 0 unspecified atom stereocenters. The van der Waals surface area contributed by atoms with E-state index in [0.29, 0.717) is 0 Å². The third-order valence-corrected chi connectivity index (χ3v) is 5.34. The van der Waals surface area contributed by atoms with Gasteiger partial charge in [0.25, 0.3) is 0 Å². The van der Waals surface area contributed by atoms with Crippen molar-refractivity contribution in [2.24, 2.45) is 0 Å². The molecule has 124 valence electrons. The lowest BCUT2D eigenvalue weighted by Gasteiger charge is -2.16. The van der Waals surface area contributed by atoms with E-state index in [1.807, 2.05) is 17.5 Å². The van der Waals surface area contributed by atoms with Crippen LogP contribution in [-0.4, -0.2) is 18.8 Å². The Hall–Kier alpha value is -2.00. The molecule has 24 heavy (non-hydrogen) atoms. The zero-order valence-electron chi connectivity index (χ0n) is 14.1. The highest BCUT2D eigenvalue weighted by molar-refractivity contribution is 8.02. The zero-order valence-corrected chi connectivity index (χ0v) is 14.9. The van der Waals surface area contributed by atoms with Crippen LogP contribution < -0.4 is 0 Å². The summed E-state index contributed by atoms with van der Waals surface area (Å²) < 4.78 is 5.09. The van der Waals surface area contributed by atoms with Crippen molar-refractivity contribution in [3.8, 4) is 11.1 Å². The van der Waals surface area contributed by atoms with Crippen molar-refractivity contribution in [3.63, 3.8) is 0 Å². The van der Waals surface area contributed by atoms with Gasteiger partial charge >= 0.3 is 5.97 Å². The molecule has 0 amide bonds. The first-order valence-electron chi connectivity index (χ1n) is 8.36. The standard InChI is InChI=1S/C21H22O2S/c1-3-4-13-24-14-19(21(22)23-2)20-17-11-7-5-9-15(17)16-10-6-8-12-18(16)20/h5-12,14,20H,3-4,13H2,1-2H3. The summed E-state index contributed by atoms with van der Waals surface area (Å²) in [5, 5.41) is 2.00. The third kappa shape index (κ3) is 3.13. The molecule has 0 radical (unpaired) electrons. The molecule has 0 aromatic heterocycles. The molecular weight excluding hydrogens is 316 g/mol. The Bertz CT molecular complexity index is 718. The van der Waals surface area contributed by atoms with Crippen LogP contribution in [0, 0.1) is 0 Å². The number of methoxy groups -OCH3 is 1. The van der Waals surface area contributed by atoms with Crippen molar-refractivity contribution in [2.45, 2.75) is 25.7 Å². The number of benzene rings is 2. The Kier molecular flexibility index (Phi) is 5.41. The molecule has 1 aliphatic carbocycles. The molecule has 0 fully saturated rings. The van der Waals surface area contributed by atoms with Crippen molar-refractivity contribution in [3.05, 3.63) is 70.6 Å². The predicted octanol–water partition coefficient (Wildman–Crippen LogP) is 5.39. The maximum atomic E-state index is 12.5. The van der Waals surface area contributed by atoms with Crippen LogP contribution in [0.15, 0.2) is 59.5 Å². The summed E-state index contributed by atoms with van der Waals surface area (Å²) in [6.45, 7) is 2.18. The second kappa shape index (κ2) is 7.71. The molecular formula is C21H22O2S. The van der Waals surface area contributed by atoms with E-state index in [9.17, 15) is 4.79 Å². The van der Waals surface area contributed by atoms with E-state index in [4.69, 9.17) is 4.74 Å². The molecule has 0 N–H and O–H groups in total. The molecule has 0 heterocycles. The fourth-order valence-electron chi connectivity index (χ4n) is 3.22. The van der Waals surface area contributed by atoms with E-state index in [1.165, 1.54) is 29.4 Å². The van der Waals surface area contributed by atoms with Gasteiger partial charge in [0.05, 0.1) is 12.7 Å². The minimum absolute atomic E-state index is 0.0426. The van der Waals surface area contributed by atoms with Gasteiger partial charge in [-0.2, -0.15) is 0 Å². The van der Waals surface area contributed by atoms with Gasteiger partial charge in [-0.05, 0) is 39.8 Å². The van der Waals surface area contributed by atoms with Crippen molar-refractivity contribution >= 4 is 17.7 Å². The number of carbonyl (C=O) groups excluding carboxylic acids is 1. The summed E-state index contributed by atoms with van der Waals surface area (Å²) in [4.78, 5) is 12.5. The second-order valence-electron chi connectivity index (χ2n) is 5.90. The predicted molar refractivity (Wildman–Crippen MR) is 101 cm³/mol. The summed E-state index contributed by atoms with van der Waals surface area (Å²) in [6, 6.07) is 16.7. The summed E-state index contributed by atoms with van der Waals surface area (Å²) in [5.41, 5.74) is 5.53. The van der Waals surface area contributed by atoms with Crippen molar-refractivity contribution in [2.75, 3.05) is 12.9 Å². The number of carbonyl (C=O) groups is 1. The Morgan fingerprint density at radius 3 is 2.21 bits per heavy atom. The third-order valence-electron chi connectivity index (χ3n) is 4.39. The van der Waals surface area contributed by atoms with Gasteiger partial charge in [0.15, 0.2) is 0 Å². The number of ether oxygens (including phenoxy) is 1. The lowest BCUT2D eigenvalue weighted by atomic mass is 9.90. The molecule has 0 atom stereocenters. The first-order valence-corrected chi connectivity index (χ1v) is 9.41. The molecule has 0 spiro atoms. The summed E-state index contributed by atoms with van der Waals surface area (Å²) in [6.07, 6.45) is 2.30. The first-order chi connectivity index (χ1) is 11.8. The monoisotopic (exact) mass is 338 g/mol. The van der Waals surface area contributed by atoms with Crippen molar-refractivity contribution < 1.29 is 9.53 Å². The maximum Gasteiger partial charge on any atom is 0.335 e. The summed E-state index contributed by atoms with van der Waals surface area (Å²) in [5.74, 6) is 0.738. The highest BCUT2D eigenvalue weighted by atomic mass is 32.2. The van der Waals surface area contributed by atoms with Crippen LogP contribution in [0.4, 0.5) is 0 Å². The molecule has 2 aromatic carbocycles. The fourth-order valence-corrected chi connectivity index (χ4v) is 4.20. The van der Waals surface area contributed by atoms with Crippen LogP contribution >= 0.6 is 11.8 Å². The Labute approximate surface area is 147 Å². The summed E-state index contributed by atoms with van der Waals surface area (Å²) >= 11 is 1.70. The number of esters is 1. The van der Waals surface area contributed by atoms with Gasteiger partial charge in [0.1, 0.15) is 0 Å². The van der Waals surface area contributed by atoms with Gasteiger partial charge < -0.3 is 4.74 Å². The van der Waals surface area contributed by atoms with Gasteiger partial charge in [-0.15, -0.1) is 11.8 Å². The number of unbranched alkanes of at least 4 members (excludes halogenated alkanes) is 1. The molecule has 0 bridgehead atoms. The normalized spacial score (nSPS) is 13.5.